The molecule has 0 spiro atoms. The largest absolute Gasteiger partial charge is 0.374 e. The summed E-state index contributed by atoms with van der Waals surface area (Å²) in [5.74, 6) is 0.908. The quantitative estimate of drug-likeness (QED) is 0.563. The molecule has 3 fully saturated rings. The first kappa shape index (κ1) is 22.0. The van der Waals surface area contributed by atoms with Crippen molar-refractivity contribution in [2.24, 2.45) is 0 Å². The first-order valence-electron chi connectivity index (χ1n) is 12.4. The van der Waals surface area contributed by atoms with Crippen molar-refractivity contribution in [2.45, 2.75) is 39.0 Å². The van der Waals surface area contributed by atoms with E-state index in [9.17, 15) is 4.79 Å². The Balaban J connectivity index is 1.13. The van der Waals surface area contributed by atoms with Gasteiger partial charge in [-0.3, -0.25) is 9.48 Å². The minimum atomic E-state index is 0.120. The maximum atomic E-state index is 12.9. The second-order valence-corrected chi connectivity index (χ2v) is 9.74. The average Bonchev–Trinajstić information content (AvgIpc) is 3.60. The lowest BCUT2D eigenvalue weighted by Gasteiger charge is -2.37. The number of para-hydroxylation sites is 1. The van der Waals surface area contributed by atoms with E-state index in [4.69, 9.17) is 14.7 Å². The molecular weight excluding hydrogens is 442 g/mol. The van der Waals surface area contributed by atoms with Crippen LogP contribution in [0, 0.1) is 13.8 Å². The van der Waals surface area contributed by atoms with Gasteiger partial charge < -0.3 is 19.4 Å². The van der Waals surface area contributed by atoms with E-state index in [2.05, 4.69) is 39.2 Å². The molecule has 5 heterocycles. The number of aromatic nitrogens is 4. The Kier molecular flexibility index (Phi) is 5.64. The number of aryl methyl sites for hydroxylation is 2. The van der Waals surface area contributed by atoms with E-state index < -0.39 is 0 Å². The lowest BCUT2D eigenvalue weighted by atomic mass is 10.1. The number of fused-ring (bicyclic) bond motifs is 2. The number of ether oxygens (including phenoxy) is 1. The number of hydrogen-bond acceptors (Lipinski definition) is 7. The highest BCUT2D eigenvalue weighted by Gasteiger charge is 2.40. The number of benzene rings is 1. The molecule has 2 aromatic heterocycles. The number of piperazine rings is 1. The predicted octanol–water partition coefficient (Wildman–Crippen LogP) is 2.28. The van der Waals surface area contributed by atoms with E-state index in [1.807, 2.05) is 37.2 Å². The highest BCUT2D eigenvalue weighted by molar-refractivity contribution is 5.79. The number of hydrogen-bond donors (Lipinski definition) is 0. The van der Waals surface area contributed by atoms with Crippen LogP contribution in [-0.2, 0) is 16.1 Å². The summed E-state index contributed by atoms with van der Waals surface area (Å²) in [7, 11) is 0. The number of nitrogens with zero attached hydrogens (tertiary/aromatic N) is 7. The number of anilines is 2. The number of carbonyl (C=O) groups excluding carboxylic acids is 1. The molecule has 0 radical (unpaired) electrons. The van der Waals surface area contributed by atoms with Gasteiger partial charge in [0.05, 0.1) is 24.4 Å². The molecule has 35 heavy (non-hydrogen) atoms. The molecule has 3 aliphatic rings. The number of rotatable bonds is 5. The number of carbonyl (C=O) groups is 1. The van der Waals surface area contributed by atoms with Crippen molar-refractivity contribution in [3.05, 3.63) is 54.1 Å². The number of morpholine rings is 1. The van der Waals surface area contributed by atoms with Crippen molar-refractivity contribution >= 4 is 17.5 Å². The van der Waals surface area contributed by atoms with Crippen LogP contribution in [0.3, 0.4) is 0 Å². The van der Waals surface area contributed by atoms with Crippen LogP contribution in [0.15, 0.2) is 42.7 Å². The molecule has 3 saturated heterocycles. The van der Waals surface area contributed by atoms with Crippen molar-refractivity contribution in [1.29, 1.82) is 0 Å². The fraction of sp³-hybridized carbons (Fsp3) is 0.462. The summed E-state index contributed by atoms with van der Waals surface area (Å²) in [5.41, 5.74) is 5.24. The van der Waals surface area contributed by atoms with Crippen molar-refractivity contribution < 1.29 is 9.53 Å². The predicted molar refractivity (Wildman–Crippen MR) is 133 cm³/mol. The van der Waals surface area contributed by atoms with E-state index in [1.54, 1.807) is 4.68 Å². The molecule has 3 aromatic rings. The molecule has 0 N–H and O–H groups in total. The molecule has 0 saturated carbocycles. The Labute approximate surface area is 205 Å². The van der Waals surface area contributed by atoms with E-state index >= 15 is 0 Å². The molecule has 2 atom stereocenters. The summed E-state index contributed by atoms with van der Waals surface area (Å²) in [4.78, 5) is 28.8. The molecular formula is C26H31N7O2. The average molecular weight is 474 g/mol. The molecule has 0 aliphatic carbocycles. The van der Waals surface area contributed by atoms with Crippen molar-refractivity contribution in [2.75, 3.05) is 49.1 Å². The van der Waals surface area contributed by atoms with Gasteiger partial charge in [0, 0.05) is 67.6 Å². The van der Waals surface area contributed by atoms with Crippen LogP contribution in [0.4, 0.5) is 11.6 Å². The molecule has 6 rings (SSSR count). The first-order chi connectivity index (χ1) is 17.0. The Bertz CT molecular complexity index is 1220. The van der Waals surface area contributed by atoms with Crippen LogP contribution >= 0.6 is 0 Å². The van der Waals surface area contributed by atoms with Crippen LogP contribution < -0.4 is 9.80 Å². The molecule has 2 bridgehead atoms. The van der Waals surface area contributed by atoms with Crippen LogP contribution in [0.5, 0.6) is 0 Å². The standard InChI is InChI=1S/C26H31N7O2/c1-18-11-19(2)33(29-18)16-25(34)31-9-7-30(8-10-31)24-6-4-3-5-23(24)20-13-27-26(28-14-20)32-15-22-12-21(32)17-35-22/h3-6,11,13-14,21-22H,7-10,12,15-17H2,1-2H3/t21-,22-/m0/s1. The smallest absolute Gasteiger partial charge is 0.244 e. The van der Waals surface area contributed by atoms with E-state index in [0.29, 0.717) is 31.8 Å². The van der Waals surface area contributed by atoms with Gasteiger partial charge in [0.25, 0.3) is 0 Å². The van der Waals surface area contributed by atoms with E-state index in [0.717, 1.165) is 66.8 Å². The van der Waals surface area contributed by atoms with Gasteiger partial charge >= 0.3 is 0 Å². The first-order valence-corrected chi connectivity index (χ1v) is 12.4. The Morgan fingerprint density at radius 2 is 1.86 bits per heavy atom. The third kappa shape index (κ3) is 4.25. The maximum Gasteiger partial charge on any atom is 0.244 e. The third-order valence-corrected chi connectivity index (χ3v) is 7.37. The Hall–Kier alpha value is -3.46. The second kappa shape index (κ2) is 8.96. The summed E-state index contributed by atoms with van der Waals surface area (Å²) < 4.78 is 7.50. The van der Waals surface area contributed by atoms with Gasteiger partial charge in [0.15, 0.2) is 0 Å². The fourth-order valence-electron chi connectivity index (χ4n) is 5.51. The van der Waals surface area contributed by atoms with Gasteiger partial charge in [-0.15, -0.1) is 0 Å². The van der Waals surface area contributed by atoms with Crippen molar-refractivity contribution in [3.63, 3.8) is 0 Å². The minimum absolute atomic E-state index is 0.120. The zero-order valence-corrected chi connectivity index (χ0v) is 20.3. The van der Waals surface area contributed by atoms with Gasteiger partial charge in [-0.25, -0.2) is 9.97 Å². The second-order valence-electron chi connectivity index (χ2n) is 9.74. The van der Waals surface area contributed by atoms with Crippen molar-refractivity contribution in [1.82, 2.24) is 24.6 Å². The molecule has 0 unspecified atom stereocenters. The van der Waals surface area contributed by atoms with E-state index in [1.165, 1.54) is 0 Å². The maximum absolute atomic E-state index is 12.9. The van der Waals surface area contributed by atoms with E-state index in [-0.39, 0.29) is 5.91 Å². The zero-order valence-electron chi connectivity index (χ0n) is 20.3. The summed E-state index contributed by atoms with van der Waals surface area (Å²) in [5, 5.41) is 4.43. The highest BCUT2D eigenvalue weighted by atomic mass is 16.5. The topological polar surface area (TPSA) is 79.6 Å². The summed E-state index contributed by atoms with van der Waals surface area (Å²) >= 11 is 0. The summed E-state index contributed by atoms with van der Waals surface area (Å²) in [6.07, 6.45) is 5.26. The Morgan fingerprint density at radius 3 is 2.51 bits per heavy atom. The van der Waals surface area contributed by atoms with Crippen LogP contribution in [0.1, 0.15) is 17.8 Å². The van der Waals surface area contributed by atoms with Gasteiger partial charge in [0.1, 0.15) is 6.54 Å². The van der Waals surface area contributed by atoms with Gasteiger partial charge in [-0.2, -0.15) is 5.10 Å². The molecule has 1 amide bonds. The molecule has 3 aliphatic heterocycles. The SMILES string of the molecule is Cc1cc(C)n(CC(=O)N2CCN(c3ccccc3-c3cnc(N4C[C@@H]5C[C@H]4CO5)nc3)CC2)n1. The fourth-order valence-corrected chi connectivity index (χ4v) is 5.51. The lowest BCUT2D eigenvalue weighted by molar-refractivity contribution is -0.132. The monoisotopic (exact) mass is 473 g/mol. The van der Waals surface area contributed by atoms with Crippen LogP contribution in [0.25, 0.3) is 11.1 Å². The molecule has 1 aromatic carbocycles. The molecule has 182 valence electrons. The summed E-state index contributed by atoms with van der Waals surface area (Å²) in [6, 6.07) is 10.8. The molecule has 9 heteroatoms. The zero-order chi connectivity index (χ0) is 23.9. The third-order valence-electron chi connectivity index (χ3n) is 7.37. The van der Waals surface area contributed by atoms with Crippen LogP contribution in [-0.4, -0.2) is 82.0 Å². The van der Waals surface area contributed by atoms with Crippen molar-refractivity contribution in [3.8, 4) is 11.1 Å². The van der Waals surface area contributed by atoms with Crippen LogP contribution in [0.2, 0.25) is 0 Å². The highest BCUT2D eigenvalue weighted by Crippen LogP contribution is 2.33. The molecule has 9 nitrogen and oxygen atoms in total. The Morgan fingerprint density at radius 1 is 1.09 bits per heavy atom. The lowest BCUT2D eigenvalue weighted by Crippen LogP contribution is -2.49. The minimum Gasteiger partial charge on any atom is -0.374 e. The number of amides is 1. The normalized spacial score (nSPS) is 21.7. The summed E-state index contributed by atoms with van der Waals surface area (Å²) in [6.45, 7) is 8.85. The van der Waals surface area contributed by atoms with Gasteiger partial charge in [-0.1, -0.05) is 18.2 Å². The van der Waals surface area contributed by atoms with Gasteiger partial charge in [0.2, 0.25) is 11.9 Å². The van der Waals surface area contributed by atoms with Gasteiger partial charge in [-0.05, 0) is 32.4 Å².